The molecule has 3 aromatic rings. The summed E-state index contributed by atoms with van der Waals surface area (Å²) in [7, 11) is 0. The Hall–Kier alpha value is -3.00. The van der Waals surface area contributed by atoms with Crippen molar-refractivity contribution in [2.24, 2.45) is 0 Å². The van der Waals surface area contributed by atoms with Gasteiger partial charge in [0.05, 0.1) is 36.8 Å². The summed E-state index contributed by atoms with van der Waals surface area (Å²) in [6, 6.07) is 9.10. The van der Waals surface area contributed by atoms with Gasteiger partial charge in [-0.2, -0.15) is 0 Å². The highest BCUT2D eigenvalue weighted by molar-refractivity contribution is 7.98. The molecule has 4 rings (SSSR count). The van der Waals surface area contributed by atoms with Crippen LogP contribution in [0.1, 0.15) is 41.0 Å². The van der Waals surface area contributed by atoms with Crippen LogP contribution in [0, 0.1) is 6.92 Å². The molecule has 1 atom stereocenters. The monoisotopic (exact) mass is 425 g/mol. The second-order valence-corrected chi connectivity index (χ2v) is 7.74. The van der Waals surface area contributed by atoms with E-state index in [2.05, 4.69) is 15.3 Å². The summed E-state index contributed by atoms with van der Waals surface area (Å²) in [4.78, 5) is 22.1. The van der Waals surface area contributed by atoms with Crippen LogP contribution in [-0.2, 0) is 0 Å². The van der Waals surface area contributed by atoms with E-state index < -0.39 is 0 Å². The number of aryl methyl sites for hydroxylation is 1. The Balaban J connectivity index is 1.57. The van der Waals surface area contributed by atoms with Crippen molar-refractivity contribution in [3.63, 3.8) is 0 Å². The van der Waals surface area contributed by atoms with Gasteiger partial charge in [-0.3, -0.25) is 4.79 Å². The van der Waals surface area contributed by atoms with Gasteiger partial charge in [0.1, 0.15) is 5.03 Å². The highest BCUT2D eigenvalue weighted by Gasteiger charge is 2.22. The molecule has 1 unspecified atom stereocenters. The van der Waals surface area contributed by atoms with Gasteiger partial charge in [-0.15, -0.1) is 11.8 Å². The second kappa shape index (κ2) is 8.79. The molecule has 156 valence electrons. The third kappa shape index (κ3) is 4.14. The molecule has 0 spiro atoms. The zero-order chi connectivity index (χ0) is 21.1. The lowest BCUT2D eigenvalue weighted by Crippen LogP contribution is -2.28. The minimum absolute atomic E-state index is 0.220. The van der Waals surface area contributed by atoms with E-state index in [4.69, 9.17) is 13.9 Å². The average molecular weight is 426 g/mol. The van der Waals surface area contributed by atoms with E-state index in [1.54, 1.807) is 25.3 Å². The maximum atomic E-state index is 13.1. The Morgan fingerprint density at radius 1 is 1.17 bits per heavy atom. The number of ether oxygens (including phenoxy) is 2. The average Bonchev–Trinajstić information content (AvgIpc) is 3.18. The van der Waals surface area contributed by atoms with Crippen molar-refractivity contribution in [2.45, 2.75) is 31.3 Å². The first kappa shape index (κ1) is 20.3. The van der Waals surface area contributed by atoms with Crippen molar-refractivity contribution in [2.75, 3.05) is 19.5 Å². The first-order valence-corrected chi connectivity index (χ1v) is 11.0. The van der Waals surface area contributed by atoms with Crippen molar-refractivity contribution < 1.29 is 18.7 Å². The van der Waals surface area contributed by atoms with Crippen LogP contribution in [0.4, 0.5) is 0 Å². The number of benzene rings is 1. The van der Waals surface area contributed by atoms with Crippen LogP contribution in [0.5, 0.6) is 11.5 Å². The Labute approximate surface area is 179 Å². The zero-order valence-electron chi connectivity index (χ0n) is 17.1. The molecular weight excluding hydrogens is 402 g/mol. The van der Waals surface area contributed by atoms with Gasteiger partial charge in [0.15, 0.2) is 23.1 Å². The van der Waals surface area contributed by atoms with Crippen molar-refractivity contribution >= 4 is 17.7 Å². The van der Waals surface area contributed by atoms with E-state index in [1.807, 2.05) is 31.4 Å². The van der Waals surface area contributed by atoms with E-state index in [1.165, 1.54) is 11.8 Å². The first-order chi connectivity index (χ1) is 14.6. The number of fused-ring (bicyclic) bond motifs is 1. The third-order valence-corrected chi connectivity index (χ3v) is 5.52. The summed E-state index contributed by atoms with van der Waals surface area (Å²) < 4.78 is 16.8. The number of aromatic nitrogens is 2. The maximum absolute atomic E-state index is 13.1. The normalized spacial score (nSPS) is 14.1. The van der Waals surface area contributed by atoms with Gasteiger partial charge in [-0.05, 0) is 49.9 Å². The molecule has 1 amide bonds. The Kier molecular flexibility index (Phi) is 5.94. The van der Waals surface area contributed by atoms with Crippen molar-refractivity contribution in [3.05, 3.63) is 53.4 Å². The summed E-state index contributed by atoms with van der Waals surface area (Å²) >= 11 is 1.40. The molecule has 2 aromatic heterocycles. The summed E-state index contributed by atoms with van der Waals surface area (Å²) in [5.41, 5.74) is 2.01. The summed E-state index contributed by atoms with van der Waals surface area (Å²) in [5, 5.41) is 3.66. The molecule has 0 aliphatic carbocycles. The van der Waals surface area contributed by atoms with Crippen molar-refractivity contribution in [1.29, 1.82) is 0 Å². The van der Waals surface area contributed by atoms with E-state index in [9.17, 15) is 4.79 Å². The standard InChI is InChI=1S/C22H23N3O4S/c1-13(15-7-8-16-18(12-15)29-11-5-10-27-16)24-21(26)19-14(2)23-20(25-22(19)30-3)17-6-4-9-28-17/h4,6-9,12-13H,5,10-11H2,1-3H3,(H,24,26). The molecule has 1 aliphatic rings. The smallest absolute Gasteiger partial charge is 0.256 e. The number of thioether (sulfide) groups is 1. The van der Waals surface area contributed by atoms with Gasteiger partial charge in [-0.1, -0.05) is 6.07 Å². The molecule has 30 heavy (non-hydrogen) atoms. The van der Waals surface area contributed by atoms with Crippen LogP contribution >= 0.6 is 11.8 Å². The molecule has 0 radical (unpaired) electrons. The lowest BCUT2D eigenvalue weighted by atomic mass is 10.1. The van der Waals surface area contributed by atoms with Crippen LogP contribution in [0.2, 0.25) is 0 Å². The molecule has 1 aromatic carbocycles. The predicted octanol–water partition coefficient (Wildman–Crippen LogP) is 4.42. The quantitative estimate of drug-likeness (QED) is 0.478. The molecule has 0 saturated carbocycles. The van der Waals surface area contributed by atoms with Gasteiger partial charge in [0, 0.05) is 6.42 Å². The van der Waals surface area contributed by atoms with E-state index in [0.717, 1.165) is 17.7 Å². The van der Waals surface area contributed by atoms with Crippen LogP contribution < -0.4 is 14.8 Å². The minimum Gasteiger partial charge on any atom is -0.490 e. The SMILES string of the molecule is CSc1nc(-c2ccco2)nc(C)c1C(=O)NC(C)c1ccc2c(c1)OCCCO2. The van der Waals surface area contributed by atoms with Gasteiger partial charge in [0.25, 0.3) is 5.91 Å². The van der Waals surface area contributed by atoms with Crippen LogP contribution in [0.25, 0.3) is 11.6 Å². The molecule has 8 heteroatoms. The van der Waals surface area contributed by atoms with Crippen LogP contribution in [0.15, 0.2) is 46.0 Å². The number of carbonyl (C=O) groups excluding carboxylic acids is 1. The lowest BCUT2D eigenvalue weighted by Gasteiger charge is -2.18. The maximum Gasteiger partial charge on any atom is 0.256 e. The molecule has 7 nitrogen and oxygen atoms in total. The molecule has 0 fully saturated rings. The molecule has 0 saturated heterocycles. The van der Waals surface area contributed by atoms with E-state index in [-0.39, 0.29) is 11.9 Å². The molecule has 1 N–H and O–H groups in total. The number of nitrogens with one attached hydrogen (secondary N) is 1. The molecule has 0 bridgehead atoms. The van der Waals surface area contributed by atoms with Crippen LogP contribution in [-0.4, -0.2) is 35.3 Å². The number of nitrogens with zero attached hydrogens (tertiary/aromatic N) is 2. The Bertz CT molecular complexity index is 1050. The fourth-order valence-electron chi connectivity index (χ4n) is 3.27. The zero-order valence-corrected chi connectivity index (χ0v) is 17.9. The number of carbonyl (C=O) groups is 1. The molecule has 1 aliphatic heterocycles. The lowest BCUT2D eigenvalue weighted by molar-refractivity contribution is 0.0935. The Morgan fingerprint density at radius 2 is 1.97 bits per heavy atom. The molecular formula is C22H23N3O4S. The van der Waals surface area contributed by atoms with Gasteiger partial charge in [-0.25, -0.2) is 9.97 Å². The third-order valence-electron chi connectivity index (χ3n) is 4.84. The second-order valence-electron chi connectivity index (χ2n) is 6.95. The summed E-state index contributed by atoms with van der Waals surface area (Å²) in [6.45, 7) is 5.00. The fraction of sp³-hybridized carbons (Fsp3) is 0.318. The highest BCUT2D eigenvalue weighted by Crippen LogP contribution is 2.32. The predicted molar refractivity (Wildman–Crippen MR) is 114 cm³/mol. The number of amides is 1. The fourth-order valence-corrected chi connectivity index (χ4v) is 3.90. The van der Waals surface area contributed by atoms with E-state index >= 15 is 0 Å². The summed E-state index contributed by atoms with van der Waals surface area (Å²) in [5.74, 6) is 2.26. The largest absolute Gasteiger partial charge is 0.490 e. The van der Waals surface area contributed by atoms with Gasteiger partial charge < -0.3 is 19.2 Å². The summed E-state index contributed by atoms with van der Waals surface area (Å²) in [6.07, 6.45) is 4.31. The number of hydrogen-bond acceptors (Lipinski definition) is 7. The topological polar surface area (TPSA) is 86.5 Å². The Morgan fingerprint density at radius 3 is 2.70 bits per heavy atom. The first-order valence-electron chi connectivity index (χ1n) is 9.73. The van der Waals surface area contributed by atoms with Crippen molar-refractivity contribution in [1.82, 2.24) is 15.3 Å². The number of rotatable bonds is 5. The van der Waals surface area contributed by atoms with Crippen LogP contribution in [0.3, 0.4) is 0 Å². The highest BCUT2D eigenvalue weighted by atomic mass is 32.2. The van der Waals surface area contributed by atoms with Gasteiger partial charge >= 0.3 is 0 Å². The van der Waals surface area contributed by atoms with Gasteiger partial charge in [0.2, 0.25) is 0 Å². The number of furan rings is 1. The number of hydrogen-bond donors (Lipinski definition) is 1. The van der Waals surface area contributed by atoms with E-state index in [0.29, 0.717) is 46.8 Å². The minimum atomic E-state index is -0.228. The van der Waals surface area contributed by atoms with Crippen molar-refractivity contribution in [3.8, 4) is 23.1 Å². The molecule has 3 heterocycles.